The zero-order valence-corrected chi connectivity index (χ0v) is 14.2. The van der Waals surface area contributed by atoms with E-state index in [9.17, 15) is 9.18 Å². The van der Waals surface area contributed by atoms with Crippen molar-refractivity contribution in [2.24, 2.45) is 0 Å². The summed E-state index contributed by atoms with van der Waals surface area (Å²) in [6.07, 6.45) is 1.54. The second-order valence-electron chi connectivity index (χ2n) is 5.80. The molecule has 0 aliphatic carbocycles. The first kappa shape index (κ1) is 17.4. The van der Waals surface area contributed by atoms with Crippen LogP contribution in [0.15, 0.2) is 72.9 Å². The highest BCUT2D eigenvalue weighted by atomic mass is 19.1. The Balaban J connectivity index is 1.67. The number of hydrogen-bond donors (Lipinski definition) is 1. The Labute approximate surface area is 151 Å². The number of benzene rings is 2. The molecule has 0 aliphatic rings. The molecular weight excluding hydrogens is 327 g/mol. The van der Waals surface area contributed by atoms with E-state index in [1.807, 2.05) is 37.3 Å². The minimum atomic E-state index is -0.325. The molecule has 0 bridgehead atoms. The van der Waals surface area contributed by atoms with Gasteiger partial charge in [0, 0.05) is 17.3 Å². The lowest BCUT2D eigenvalue weighted by Gasteiger charge is -2.13. The van der Waals surface area contributed by atoms with E-state index in [0.717, 1.165) is 5.56 Å². The van der Waals surface area contributed by atoms with Crippen molar-refractivity contribution in [3.05, 3.63) is 101 Å². The molecule has 1 amide bonds. The second-order valence-corrected chi connectivity index (χ2v) is 5.80. The number of halogens is 1. The number of carbonyl (C=O) groups is 1. The normalized spacial score (nSPS) is 11.2. The number of amides is 1. The number of aromatic nitrogens is 1. The van der Waals surface area contributed by atoms with E-state index in [2.05, 4.69) is 22.1 Å². The van der Waals surface area contributed by atoms with Gasteiger partial charge in [0.25, 0.3) is 5.91 Å². The molecule has 0 saturated heterocycles. The summed E-state index contributed by atoms with van der Waals surface area (Å²) < 4.78 is 13.1. The van der Waals surface area contributed by atoms with Gasteiger partial charge in [-0.05, 0) is 42.8 Å². The van der Waals surface area contributed by atoms with Gasteiger partial charge in [-0.25, -0.2) is 9.37 Å². The monoisotopic (exact) mass is 344 g/mol. The molecule has 2 aromatic carbocycles. The molecule has 3 rings (SSSR count). The fraction of sp³-hybridized carbons (Fsp3) is 0.0909. The van der Waals surface area contributed by atoms with Crippen molar-refractivity contribution in [1.29, 1.82) is 0 Å². The van der Waals surface area contributed by atoms with Gasteiger partial charge in [-0.1, -0.05) is 48.2 Å². The average Bonchev–Trinajstić information content (AvgIpc) is 2.67. The Kier molecular flexibility index (Phi) is 5.40. The van der Waals surface area contributed by atoms with Crippen molar-refractivity contribution in [1.82, 2.24) is 10.3 Å². The Hall–Kier alpha value is -3.45. The van der Waals surface area contributed by atoms with Crippen molar-refractivity contribution in [3.63, 3.8) is 0 Å². The van der Waals surface area contributed by atoms with Crippen LogP contribution in [0.1, 0.15) is 40.1 Å². The van der Waals surface area contributed by atoms with Crippen LogP contribution in [0.5, 0.6) is 0 Å². The lowest BCUT2D eigenvalue weighted by Crippen LogP contribution is -2.27. The standard InChI is InChI=1S/C22H17FN2O/c1-16(19-7-3-2-4-8-19)25-22(26)21-13-12-18(15-24-21)11-10-17-6-5-9-20(23)14-17/h2-9,12-16H,1H3,(H,25,26)/t16-/m0/s1. The zero-order chi connectivity index (χ0) is 18.4. The van der Waals surface area contributed by atoms with Gasteiger partial charge in [-0.3, -0.25) is 4.79 Å². The summed E-state index contributed by atoms with van der Waals surface area (Å²) in [7, 11) is 0. The molecule has 1 N–H and O–H groups in total. The molecule has 1 heterocycles. The fourth-order valence-corrected chi connectivity index (χ4v) is 2.41. The summed E-state index contributed by atoms with van der Waals surface area (Å²) >= 11 is 0. The van der Waals surface area contributed by atoms with E-state index in [4.69, 9.17) is 0 Å². The fourth-order valence-electron chi connectivity index (χ4n) is 2.41. The molecule has 0 unspecified atom stereocenters. The number of rotatable bonds is 3. The maximum Gasteiger partial charge on any atom is 0.270 e. The molecule has 3 nitrogen and oxygen atoms in total. The lowest BCUT2D eigenvalue weighted by molar-refractivity contribution is 0.0935. The van der Waals surface area contributed by atoms with Gasteiger partial charge < -0.3 is 5.32 Å². The van der Waals surface area contributed by atoms with Crippen LogP contribution in [0.2, 0.25) is 0 Å². The Morgan fingerprint density at radius 2 is 1.77 bits per heavy atom. The maximum absolute atomic E-state index is 13.1. The number of carbonyl (C=O) groups excluding carboxylic acids is 1. The van der Waals surface area contributed by atoms with Crippen molar-refractivity contribution in [3.8, 4) is 11.8 Å². The average molecular weight is 344 g/mol. The summed E-state index contributed by atoms with van der Waals surface area (Å²) in [6, 6.07) is 19.0. The molecule has 1 aromatic heterocycles. The highest BCUT2D eigenvalue weighted by Gasteiger charge is 2.12. The van der Waals surface area contributed by atoms with Crippen LogP contribution in [0.4, 0.5) is 4.39 Å². The van der Waals surface area contributed by atoms with Crippen molar-refractivity contribution < 1.29 is 9.18 Å². The molecule has 3 aromatic rings. The van der Waals surface area contributed by atoms with Gasteiger partial charge in [0.15, 0.2) is 0 Å². The van der Waals surface area contributed by atoms with E-state index < -0.39 is 0 Å². The van der Waals surface area contributed by atoms with Crippen LogP contribution in [-0.4, -0.2) is 10.9 Å². The number of nitrogens with one attached hydrogen (secondary N) is 1. The minimum absolute atomic E-state index is 0.113. The van der Waals surface area contributed by atoms with Gasteiger partial charge in [0.05, 0.1) is 6.04 Å². The first-order valence-electron chi connectivity index (χ1n) is 8.21. The smallest absolute Gasteiger partial charge is 0.270 e. The van der Waals surface area contributed by atoms with E-state index in [1.54, 1.807) is 24.3 Å². The van der Waals surface area contributed by atoms with Gasteiger partial charge in [0.2, 0.25) is 0 Å². The first-order chi connectivity index (χ1) is 12.6. The van der Waals surface area contributed by atoms with Crippen LogP contribution in [0.25, 0.3) is 0 Å². The van der Waals surface area contributed by atoms with Crippen LogP contribution < -0.4 is 5.32 Å². The third-order valence-corrected chi connectivity index (χ3v) is 3.82. The zero-order valence-electron chi connectivity index (χ0n) is 14.2. The Morgan fingerprint density at radius 1 is 1.00 bits per heavy atom. The maximum atomic E-state index is 13.1. The van der Waals surface area contributed by atoms with Crippen LogP contribution in [-0.2, 0) is 0 Å². The molecule has 128 valence electrons. The highest BCUT2D eigenvalue weighted by molar-refractivity contribution is 5.92. The predicted octanol–water partition coefficient (Wildman–Crippen LogP) is 4.11. The Bertz CT molecular complexity index is 957. The van der Waals surface area contributed by atoms with Crippen molar-refractivity contribution >= 4 is 5.91 Å². The molecule has 0 radical (unpaired) electrons. The van der Waals surface area contributed by atoms with Gasteiger partial charge in [-0.15, -0.1) is 0 Å². The summed E-state index contributed by atoms with van der Waals surface area (Å²) in [5.74, 6) is 5.21. The first-order valence-corrected chi connectivity index (χ1v) is 8.21. The summed E-state index contributed by atoms with van der Waals surface area (Å²) in [6.45, 7) is 1.92. The summed E-state index contributed by atoms with van der Waals surface area (Å²) in [5.41, 5.74) is 2.59. The molecular formula is C22H17FN2O. The van der Waals surface area contributed by atoms with Crippen LogP contribution >= 0.6 is 0 Å². The highest BCUT2D eigenvalue weighted by Crippen LogP contribution is 2.12. The number of nitrogens with zero attached hydrogens (tertiary/aromatic N) is 1. The van der Waals surface area contributed by atoms with Crippen molar-refractivity contribution in [2.75, 3.05) is 0 Å². The third-order valence-electron chi connectivity index (χ3n) is 3.82. The lowest BCUT2D eigenvalue weighted by atomic mass is 10.1. The van der Waals surface area contributed by atoms with Crippen LogP contribution in [0, 0.1) is 17.7 Å². The Morgan fingerprint density at radius 3 is 2.46 bits per heavy atom. The quantitative estimate of drug-likeness (QED) is 0.727. The van der Waals surface area contributed by atoms with Crippen LogP contribution in [0.3, 0.4) is 0 Å². The topological polar surface area (TPSA) is 42.0 Å². The molecule has 26 heavy (non-hydrogen) atoms. The molecule has 0 spiro atoms. The van der Waals surface area contributed by atoms with E-state index in [0.29, 0.717) is 16.8 Å². The minimum Gasteiger partial charge on any atom is -0.344 e. The second kappa shape index (κ2) is 8.09. The molecule has 0 aliphatic heterocycles. The van der Waals surface area contributed by atoms with E-state index in [-0.39, 0.29) is 17.8 Å². The molecule has 1 atom stereocenters. The molecule has 0 saturated carbocycles. The number of hydrogen-bond acceptors (Lipinski definition) is 2. The van der Waals surface area contributed by atoms with Gasteiger partial charge >= 0.3 is 0 Å². The SMILES string of the molecule is C[C@H](NC(=O)c1ccc(C#Cc2cccc(F)c2)cn1)c1ccccc1. The largest absolute Gasteiger partial charge is 0.344 e. The van der Waals surface area contributed by atoms with E-state index >= 15 is 0 Å². The third kappa shape index (κ3) is 4.55. The predicted molar refractivity (Wildman–Crippen MR) is 98.9 cm³/mol. The van der Waals surface area contributed by atoms with Gasteiger partial charge in [-0.2, -0.15) is 0 Å². The molecule has 0 fully saturated rings. The number of pyridine rings is 1. The molecule has 4 heteroatoms. The van der Waals surface area contributed by atoms with Crippen molar-refractivity contribution in [2.45, 2.75) is 13.0 Å². The van der Waals surface area contributed by atoms with E-state index in [1.165, 1.54) is 18.3 Å². The van der Waals surface area contributed by atoms with Gasteiger partial charge in [0.1, 0.15) is 11.5 Å². The summed E-state index contributed by atoms with van der Waals surface area (Å²) in [5, 5.41) is 2.92. The summed E-state index contributed by atoms with van der Waals surface area (Å²) in [4.78, 5) is 16.5.